The number of aliphatic hydroxyl groups excluding tert-OH is 3. The minimum atomic E-state index is -4.30. The third-order valence-corrected chi connectivity index (χ3v) is 4.45. The Morgan fingerprint density at radius 1 is 0.677 bits per heavy atom. The number of carboxylic acid groups (broad SMARTS) is 3. The summed E-state index contributed by atoms with van der Waals surface area (Å²) in [5.41, 5.74) is 0.403. The number of carbonyl (C=O) groups is 3. The summed E-state index contributed by atoms with van der Waals surface area (Å²) >= 11 is 0. The fourth-order valence-corrected chi connectivity index (χ4v) is 2.94. The number of aliphatic hydroxyl groups is 3. The summed E-state index contributed by atoms with van der Waals surface area (Å²) in [6, 6.07) is 8.26. The van der Waals surface area contributed by atoms with Crippen molar-refractivity contribution in [3.05, 3.63) is 35.9 Å². The molecule has 1 rings (SSSR count). The van der Waals surface area contributed by atoms with Crippen LogP contribution in [0.5, 0.6) is 0 Å². The molecule has 0 aliphatic carbocycles. The minimum absolute atomic E-state index is 0.403. The van der Waals surface area contributed by atoms with Gasteiger partial charge in [0.2, 0.25) is 0 Å². The molecule has 178 valence electrons. The molecule has 0 aliphatic heterocycles. The van der Waals surface area contributed by atoms with Crippen LogP contribution in [0.4, 0.5) is 0 Å². The quantitative estimate of drug-likeness (QED) is 0.173. The molecule has 0 amide bonds. The van der Waals surface area contributed by atoms with Gasteiger partial charge in [0.25, 0.3) is 20.2 Å². The third kappa shape index (κ3) is 16.8. The first-order valence-electron chi connectivity index (χ1n) is 7.57. The maximum atomic E-state index is 10.2. The Bertz CT molecular complexity index is 874. The van der Waals surface area contributed by atoms with E-state index in [9.17, 15) is 31.2 Å². The van der Waals surface area contributed by atoms with Gasteiger partial charge in [0.1, 0.15) is 0 Å². The lowest BCUT2D eigenvalue weighted by atomic mass is 10.1. The Labute approximate surface area is 175 Å². The lowest BCUT2D eigenvalue weighted by Gasteiger charge is -2.07. The van der Waals surface area contributed by atoms with Gasteiger partial charge in [0.15, 0.2) is 18.3 Å². The molecular formula is C14H20O15S2. The van der Waals surface area contributed by atoms with E-state index in [1.54, 1.807) is 30.3 Å². The Morgan fingerprint density at radius 2 is 1.00 bits per heavy atom. The molecule has 0 bridgehead atoms. The lowest BCUT2D eigenvalue weighted by Crippen LogP contribution is -2.39. The SMILES string of the molecule is O=C(O)C(O)C(O)C(=O)O.O=C(O)C(O)c1ccccc1.O=S(=O)(O)CCS(=O)(=O)O. The average molecular weight is 492 g/mol. The molecule has 1 aromatic rings. The number of benzene rings is 1. The summed E-state index contributed by atoms with van der Waals surface area (Å²) in [6.07, 6.45) is -5.94. The van der Waals surface area contributed by atoms with Gasteiger partial charge in [0, 0.05) is 0 Å². The Balaban J connectivity index is 0. The zero-order valence-electron chi connectivity index (χ0n) is 15.3. The summed E-state index contributed by atoms with van der Waals surface area (Å²) in [5, 5.41) is 49.9. The van der Waals surface area contributed by atoms with Crippen molar-refractivity contribution in [3.8, 4) is 0 Å². The highest BCUT2D eigenvalue weighted by atomic mass is 32.2. The maximum absolute atomic E-state index is 10.2. The number of hydrogen-bond acceptors (Lipinski definition) is 10. The molecule has 0 aliphatic rings. The predicted molar refractivity (Wildman–Crippen MR) is 99.2 cm³/mol. The van der Waals surface area contributed by atoms with Crippen molar-refractivity contribution in [2.75, 3.05) is 11.5 Å². The molecule has 15 nitrogen and oxygen atoms in total. The maximum Gasteiger partial charge on any atom is 0.337 e. The lowest BCUT2D eigenvalue weighted by molar-refractivity contribution is -0.165. The number of carboxylic acids is 3. The van der Waals surface area contributed by atoms with E-state index in [2.05, 4.69) is 0 Å². The van der Waals surface area contributed by atoms with Crippen LogP contribution in [0.25, 0.3) is 0 Å². The Kier molecular flexibility index (Phi) is 13.4. The van der Waals surface area contributed by atoms with Crippen molar-refractivity contribution in [3.63, 3.8) is 0 Å². The van der Waals surface area contributed by atoms with Crippen molar-refractivity contribution in [1.29, 1.82) is 0 Å². The van der Waals surface area contributed by atoms with E-state index < -0.39 is 68.0 Å². The summed E-state index contributed by atoms with van der Waals surface area (Å²) in [7, 11) is -8.59. The summed E-state index contributed by atoms with van der Waals surface area (Å²) in [6.45, 7) is 0. The van der Waals surface area contributed by atoms with Crippen molar-refractivity contribution < 1.29 is 71.0 Å². The standard InChI is InChI=1S/C8H8O3.C4H6O6.C2H6O6S2/c9-7(8(10)11)6-4-2-1-3-5-6;5-1(3(7)8)2(6)4(9)10;3-9(4,5)1-2-10(6,7)8/h1-5,7,9H,(H,10,11);1-2,5-6H,(H,7,8)(H,9,10);1-2H2,(H,3,4,5)(H,6,7,8). The second kappa shape index (κ2) is 13.6. The van der Waals surface area contributed by atoms with E-state index in [1.807, 2.05) is 0 Å². The van der Waals surface area contributed by atoms with Crippen LogP contribution in [0.2, 0.25) is 0 Å². The summed E-state index contributed by atoms with van der Waals surface area (Å²) < 4.78 is 55.4. The first kappa shape index (κ1) is 30.5. The first-order chi connectivity index (χ1) is 13.9. The number of rotatable bonds is 8. The van der Waals surface area contributed by atoms with Crippen LogP contribution in [-0.4, -0.2) is 98.2 Å². The monoisotopic (exact) mass is 492 g/mol. The average Bonchev–Trinajstić information content (AvgIpc) is 2.65. The first-order valence-corrected chi connectivity index (χ1v) is 10.8. The highest BCUT2D eigenvalue weighted by Crippen LogP contribution is 2.10. The van der Waals surface area contributed by atoms with Crippen LogP contribution in [0.15, 0.2) is 30.3 Å². The summed E-state index contributed by atoms with van der Waals surface area (Å²) in [4.78, 5) is 29.8. The van der Waals surface area contributed by atoms with Gasteiger partial charge in [-0.2, -0.15) is 16.8 Å². The molecule has 0 saturated carbocycles. The molecule has 17 heteroatoms. The smallest absolute Gasteiger partial charge is 0.337 e. The van der Waals surface area contributed by atoms with Crippen LogP contribution in [-0.2, 0) is 34.6 Å². The topological polar surface area (TPSA) is 281 Å². The van der Waals surface area contributed by atoms with Gasteiger partial charge >= 0.3 is 17.9 Å². The molecule has 3 atom stereocenters. The molecule has 1 aromatic carbocycles. The van der Waals surface area contributed by atoms with Gasteiger partial charge in [-0.05, 0) is 5.56 Å². The fourth-order valence-electron chi connectivity index (χ4n) is 1.26. The largest absolute Gasteiger partial charge is 0.479 e. The Hall–Kier alpha value is -2.67. The van der Waals surface area contributed by atoms with Crippen LogP contribution >= 0.6 is 0 Å². The zero-order valence-corrected chi connectivity index (χ0v) is 16.9. The van der Waals surface area contributed by atoms with Crippen molar-refractivity contribution in [2.24, 2.45) is 0 Å². The zero-order chi connectivity index (χ0) is 25.0. The van der Waals surface area contributed by atoms with Crippen LogP contribution in [0.3, 0.4) is 0 Å². The molecule has 0 aromatic heterocycles. The highest BCUT2D eigenvalue weighted by Gasteiger charge is 2.29. The predicted octanol–water partition coefficient (Wildman–Crippen LogP) is -2.56. The van der Waals surface area contributed by atoms with Crippen molar-refractivity contribution >= 4 is 38.1 Å². The number of aliphatic carboxylic acids is 3. The molecule has 0 saturated heterocycles. The third-order valence-electron chi connectivity index (χ3n) is 2.75. The van der Waals surface area contributed by atoms with Gasteiger partial charge in [0.05, 0.1) is 11.5 Å². The Morgan fingerprint density at radius 3 is 1.23 bits per heavy atom. The fraction of sp³-hybridized carbons (Fsp3) is 0.357. The van der Waals surface area contributed by atoms with Crippen LogP contribution in [0, 0.1) is 0 Å². The van der Waals surface area contributed by atoms with E-state index in [4.69, 9.17) is 39.7 Å². The van der Waals surface area contributed by atoms with Gasteiger partial charge < -0.3 is 30.6 Å². The molecule has 0 radical (unpaired) electrons. The molecule has 0 heterocycles. The summed E-state index contributed by atoms with van der Waals surface area (Å²) in [5.74, 6) is -6.72. The van der Waals surface area contributed by atoms with Crippen molar-refractivity contribution in [1.82, 2.24) is 0 Å². The normalized spacial score (nSPS) is 13.8. The van der Waals surface area contributed by atoms with Crippen LogP contribution < -0.4 is 0 Å². The second-order valence-corrected chi connectivity index (χ2v) is 8.43. The molecular weight excluding hydrogens is 472 g/mol. The molecule has 0 spiro atoms. The highest BCUT2D eigenvalue weighted by molar-refractivity contribution is 7.89. The van der Waals surface area contributed by atoms with E-state index in [0.717, 1.165) is 0 Å². The molecule has 0 fully saturated rings. The molecule has 31 heavy (non-hydrogen) atoms. The van der Waals surface area contributed by atoms with E-state index in [1.165, 1.54) is 0 Å². The van der Waals surface area contributed by atoms with Crippen molar-refractivity contribution in [2.45, 2.75) is 18.3 Å². The van der Waals surface area contributed by atoms with Crippen LogP contribution in [0.1, 0.15) is 11.7 Å². The van der Waals surface area contributed by atoms with E-state index >= 15 is 0 Å². The van der Waals surface area contributed by atoms with Gasteiger partial charge in [-0.1, -0.05) is 30.3 Å². The molecule has 3 unspecified atom stereocenters. The second-order valence-electron chi connectivity index (χ2n) is 5.29. The van der Waals surface area contributed by atoms with Gasteiger partial charge in [-0.25, -0.2) is 14.4 Å². The van der Waals surface area contributed by atoms with E-state index in [-0.39, 0.29) is 0 Å². The van der Waals surface area contributed by atoms with Gasteiger partial charge in [-0.3, -0.25) is 9.11 Å². The molecule has 8 N–H and O–H groups in total. The van der Waals surface area contributed by atoms with Gasteiger partial charge in [-0.15, -0.1) is 0 Å². The number of hydrogen-bond donors (Lipinski definition) is 8. The van der Waals surface area contributed by atoms with E-state index in [0.29, 0.717) is 5.56 Å². The minimum Gasteiger partial charge on any atom is -0.479 e.